The van der Waals surface area contributed by atoms with Gasteiger partial charge in [-0.1, -0.05) is 0 Å². The molecule has 0 saturated carbocycles. The summed E-state index contributed by atoms with van der Waals surface area (Å²) in [6.07, 6.45) is 0. The van der Waals surface area contributed by atoms with Gasteiger partial charge in [-0.25, -0.2) is 0 Å². The molecular formula is C14H20N2O4. The number of carbonyl (C=O) groups excluding carboxylic acids is 2. The number of anilines is 1. The number of ether oxygens (including phenoxy) is 2. The van der Waals surface area contributed by atoms with E-state index >= 15 is 0 Å². The number of nitrogens with two attached hydrogens (primary N) is 1. The number of carbonyl (C=O) groups is 2. The number of amides is 2. The van der Waals surface area contributed by atoms with E-state index < -0.39 is 5.91 Å². The molecule has 0 fully saturated rings. The van der Waals surface area contributed by atoms with Crippen molar-refractivity contribution in [3.05, 3.63) is 24.3 Å². The molecule has 0 aliphatic carbocycles. The molecule has 3 N–H and O–H groups in total. The van der Waals surface area contributed by atoms with E-state index in [0.717, 1.165) is 0 Å². The molecule has 0 saturated heterocycles. The van der Waals surface area contributed by atoms with Crippen molar-refractivity contribution in [1.82, 2.24) is 0 Å². The molecule has 6 heteroatoms. The van der Waals surface area contributed by atoms with Crippen LogP contribution in [0.4, 0.5) is 5.69 Å². The maximum absolute atomic E-state index is 11.6. The Morgan fingerprint density at radius 3 is 2.25 bits per heavy atom. The van der Waals surface area contributed by atoms with Crippen molar-refractivity contribution in [2.24, 2.45) is 5.73 Å². The minimum Gasteiger partial charge on any atom is -0.484 e. The molecule has 0 radical (unpaired) electrons. The molecule has 0 bridgehead atoms. The maximum atomic E-state index is 11.6. The molecule has 20 heavy (non-hydrogen) atoms. The van der Waals surface area contributed by atoms with Gasteiger partial charge in [-0.3, -0.25) is 9.59 Å². The Hall–Kier alpha value is -2.08. The number of hydrogen-bond acceptors (Lipinski definition) is 4. The highest BCUT2D eigenvalue weighted by Gasteiger charge is 2.12. The molecule has 110 valence electrons. The summed E-state index contributed by atoms with van der Waals surface area (Å²) in [5.41, 5.74) is 5.24. The summed E-state index contributed by atoms with van der Waals surface area (Å²) in [5, 5.41) is 2.70. The molecule has 6 nitrogen and oxygen atoms in total. The van der Waals surface area contributed by atoms with Crippen molar-refractivity contribution in [1.29, 1.82) is 0 Å². The van der Waals surface area contributed by atoms with Gasteiger partial charge in [-0.05, 0) is 45.0 Å². The smallest absolute Gasteiger partial charge is 0.255 e. The van der Waals surface area contributed by atoms with Gasteiger partial charge >= 0.3 is 0 Å². The van der Waals surface area contributed by atoms with Crippen LogP contribution in [-0.2, 0) is 14.3 Å². The van der Waals surface area contributed by atoms with Crippen LogP contribution in [0, 0.1) is 0 Å². The normalized spacial score (nSPS) is 10.9. The Morgan fingerprint density at radius 2 is 1.75 bits per heavy atom. The van der Waals surface area contributed by atoms with Gasteiger partial charge in [0.25, 0.3) is 5.91 Å². The van der Waals surface area contributed by atoms with Crippen LogP contribution >= 0.6 is 0 Å². The molecule has 0 unspecified atom stereocenters. The van der Waals surface area contributed by atoms with Gasteiger partial charge in [0.05, 0.1) is 5.60 Å². The highest BCUT2D eigenvalue weighted by molar-refractivity contribution is 5.91. The highest BCUT2D eigenvalue weighted by atomic mass is 16.5. The van der Waals surface area contributed by atoms with Crippen molar-refractivity contribution < 1.29 is 19.1 Å². The summed E-state index contributed by atoms with van der Waals surface area (Å²) < 4.78 is 10.5. The Kier molecular flexibility index (Phi) is 5.52. The topological polar surface area (TPSA) is 90.7 Å². The van der Waals surface area contributed by atoms with Crippen LogP contribution < -0.4 is 15.8 Å². The monoisotopic (exact) mass is 280 g/mol. The largest absolute Gasteiger partial charge is 0.484 e. The van der Waals surface area contributed by atoms with Crippen molar-refractivity contribution in [3.63, 3.8) is 0 Å². The van der Waals surface area contributed by atoms with E-state index in [1.807, 2.05) is 20.8 Å². The van der Waals surface area contributed by atoms with Crippen LogP contribution in [0.1, 0.15) is 20.8 Å². The first-order chi connectivity index (χ1) is 9.26. The third-order valence-electron chi connectivity index (χ3n) is 2.16. The van der Waals surface area contributed by atoms with Gasteiger partial charge in [-0.15, -0.1) is 0 Å². The molecular weight excluding hydrogens is 260 g/mol. The molecule has 2 amide bonds. The van der Waals surface area contributed by atoms with Crippen LogP contribution in [0.25, 0.3) is 0 Å². The van der Waals surface area contributed by atoms with Gasteiger partial charge in [0.2, 0.25) is 5.91 Å². The van der Waals surface area contributed by atoms with E-state index in [-0.39, 0.29) is 24.7 Å². The van der Waals surface area contributed by atoms with Gasteiger partial charge < -0.3 is 20.5 Å². The zero-order chi connectivity index (χ0) is 15.2. The van der Waals surface area contributed by atoms with Crippen molar-refractivity contribution >= 4 is 17.5 Å². The lowest BCUT2D eigenvalue weighted by Crippen LogP contribution is -2.27. The van der Waals surface area contributed by atoms with E-state index in [9.17, 15) is 9.59 Å². The third-order valence-corrected chi connectivity index (χ3v) is 2.16. The lowest BCUT2D eigenvalue weighted by molar-refractivity contribution is -0.125. The maximum Gasteiger partial charge on any atom is 0.255 e. The van der Waals surface area contributed by atoms with Crippen LogP contribution in [0.2, 0.25) is 0 Å². The van der Waals surface area contributed by atoms with Crippen LogP contribution in [0.5, 0.6) is 5.75 Å². The molecule has 0 heterocycles. The van der Waals surface area contributed by atoms with E-state index in [0.29, 0.717) is 11.4 Å². The summed E-state index contributed by atoms with van der Waals surface area (Å²) in [6, 6.07) is 6.63. The number of rotatable bonds is 6. The molecule has 0 aliphatic rings. The number of nitrogens with one attached hydrogen (secondary N) is 1. The molecule has 1 aromatic rings. The Labute approximate surface area is 118 Å². The first-order valence-electron chi connectivity index (χ1n) is 6.21. The van der Waals surface area contributed by atoms with Crippen LogP contribution in [-0.4, -0.2) is 30.6 Å². The first-order valence-corrected chi connectivity index (χ1v) is 6.21. The molecule has 0 atom stereocenters. The minimum atomic E-state index is -0.540. The number of benzene rings is 1. The Morgan fingerprint density at radius 1 is 1.15 bits per heavy atom. The third kappa shape index (κ3) is 6.75. The second kappa shape index (κ2) is 6.91. The predicted molar refractivity (Wildman–Crippen MR) is 75.5 cm³/mol. The zero-order valence-electron chi connectivity index (χ0n) is 11.9. The quantitative estimate of drug-likeness (QED) is 0.821. The van der Waals surface area contributed by atoms with E-state index in [1.54, 1.807) is 24.3 Å². The summed E-state index contributed by atoms with van der Waals surface area (Å²) in [5.74, 6) is -0.264. The molecule has 1 aromatic carbocycles. The molecule has 0 aliphatic heterocycles. The van der Waals surface area contributed by atoms with Gasteiger partial charge in [0, 0.05) is 5.69 Å². The molecule has 1 rings (SSSR count). The highest BCUT2D eigenvalue weighted by Crippen LogP contribution is 2.15. The summed E-state index contributed by atoms with van der Waals surface area (Å²) >= 11 is 0. The summed E-state index contributed by atoms with van der Waals surface area (Å²) in [4.78, 5) is 22.2. The van der Waals surface area contributed by atoms with Gasteiger partial charge in [0.15, 0.2) is 6.61 Å². The standard InChI is InChI=1S/C14H20N2O4/c1-14(2,3)20-9-13(18)16-10-4-6-11(7-5-10)19-8-12(15)17/h4-7H,8-9H2,1-3H3,(H2,15,17)(H,16,18). The summed E-state index contributed by atoms with van der Waals surface area (Å²) in [7, 11) is 0. The van der Waals surface area contributed by atoms with Crippen molar-refractivity contribution in [2.75, 3.05) is 18.5 Å². The number of primary amides is 1. The second-order valence-corrected chi connectivity index (χ2v) is 5.23. The van der Waals surface area contributed by atoms with E-state index in [2.05, 4.69) is 5.32 Å². The first kappa shape index (κ1) is 16.0. The fourth-order valence-electron chi connectivity index (χ4n) is 1.27. The summed E-state index contributed by atoms with van der Waals surface area (Å²) in [6.45, 7) is 5.45. The van der Waals surface area contributed by atoms with Crippen molar-refractivity contribution in [3.8, 4) is 5.75 Å². The van der Waals surface area contributed by atoms with Gasteiger partial charge in [-0.2, -0.15) is 0 Å². The SMILES string of the molecule is CC(C)(C)OCC(=O)Nc1ccc(OCC(N)=O)cc1. The lowest BCUT2D eigenvalue weighted by atomic mass is 10.2. The number of hydrogen-bond donors (Lipinski definition) is 2. The van der Waals surface area contributed by atoms with Crippen molar-refractivity contribution in [2.45, 2.75) is 26.4 Å². The predicted octanol–water partition coefficient (Wildman–Crippen LogP) is 1.30. The lowest BCUT2D eigenvalue weighted by Gasteiger charge is -2.19. The average Bonchev–Trinajstić information content (AvgIpc) is 2.35. The van der Waals surface area contributed by atoms with E-state index in [1.165, 1.54) is 0 Å². The Bertz CT molecular complexity index is 463. The average molecular weight is 280 g/mol. The fraction of sp³-hybridized carbons (Fsp3) is 0.429. The van der Waals surface area contributed by atoms with Gasteiger partial charge in [0.1, 0.15) is 12.4 Å². The van der Waals surface area contributed by atoms with Crippen LogP contribution in [0.3, 0.4) is 0 Å². The zero-order valence-corrected chi connectivity index (χ0v) is 11.9. The van der Waals surface area contributed by atoms with E-state index in [4.69, 9.17) is 15.2 Å². The fourth-order valence-corrected chi connectivity index (χ4v) is 1.27. The second-order valence-electron chi connectivity index (χ2n) is 5.23. The molecule has 0 aromatic heterocycles. The Balaban J connectivity index is 2.44. The van der Waals surface area contributed by atoms with Crippen LogP contribution in [0.15, 0.2) is 24.3 Å². The minimum absolute atomic E-state index is 0.0105. The molecule has 0 spiro atoms.